The summed E-state index contributed by atoms with van der Waals surface area (Å²) in [6, 6.07) is 21.8. The third-order valence-corrected chi connectivity index (χ3v) is 4.47. The average molecular weight is 380 g/mol. The van der Waals surface area contributed by atoms with Crippen LogP contribution in [0.5, 0.6) is 11.5 Å². The number of aryl methyl sites for hydroxylation is 1. The van der Waals surface area contributed by atoms with Crippen molar-refractivity contribution in [1.29, 1.82) is 0 Å². The summed E-state index contributed by atoms with van der Waals surface area (Å²) in [5, 5.41) is 0.494. The molecule has 0 saturated carbocycles. The molecule has 3 rings (SSSR count). The third kappa shape index (κ3) is 5.11. The van der Waals surface area contributed by atoms with Gasteiger partial charge in [0.2, 0.25) is 0 Å². The summed E-state index contributed by atoms with van der Waals surface area (Å²) in [5.41, 5.74) is 4.10. The maximum atomic E-state index is 6.43. The molecule has 0 atom stereocenters. The van der Waals surface area contributed by atoms with Crippen molar-refractivity contribution in [2.24, 2.45) is 4.99 Å². The summed E-state index contributed by atoms with van der Waals surface area (Å²) < 4.78 is 11.4. The van der Waals surface area contributed by atoms with Gasteiger partial charge in [-0.25, -0.2) is 0 Å². The molecule has 138 valence electrons. The fraction of sp³-hybridized carbons (Fsp3) is 0.174. The monoisotopic (exact) mass is 379 g/mol. The zero-order valence-corrected chi connectivity index (χ0v) is 16.2. The molecule has 0 amide bonds. The van der Waals surface area contributed by atoms with Crippen molar-refractivity contribution in [2.75, 3.05) is 7.11 Å². The van der Waals surface area contributed by atoms with Crippen LogP contribution in [-0.2, 0) is 13.0 Å². The summed E-state index contributed by atoms with van der Waals surface area (Å²) in [5.74, 6) is 1.12. The minimum absolute atomic E-state index is 0.425. The first-order valence-corrected chi connectivity index (χ1v) is 9.24. The molecule has 0 aliphatic rings. The number of hydrogen-bond acceptors (Lipinski definition) is 3. The van der Waals surface area contributed by atoms with E-state index in [1.807, 2.05) is 54.6 Å². The summed E-state index contributed by atoms with van der Waals surface area (Å²) in [7, 11) is 1.60. The van der Waals surface area contributed by atoms with Crippen LogP contribution in [0, 0.1) is 0 Å². The maximum Gasteiger partial charge on any atom is 0.180 e. The zero-order chi connectivity index (χ0) is 19.1. The molecule has 0 heterocycles. The van der Waals surface area contributed by atoms with E-state index in [4.69, 9.17) is 21.1 Å². The van der Waals surface area contributed by atoms with Gasteiger partial charge in [0.25, 0.3) is 0 Å². The molecule has 0 saturated heterocycles. The van der Waals surface area contributed by atoms with Gasteiger partial charge < -0.3 is 9.47 Å². The lowest BCUT2D eigenvalue weighted by Gasteiger charge is -2.13. The Morgan fingerprint density at radius 3 is 2.37 bits per heavy atom. The Hall–Kier alpha value is -2.78. The van der Waals surface area contributed by atoms with Gasteiger partial charge in [-0.15, -0.1) is 0 Å². The van der Waals surface area contributed by atoms with E-state index in [0.717, 1.165) is 23.2 Å². The topological polar surface area (TPSA) is 30.8 Å². The Kier molecular flexibility index (Phi) is 6.50. The molecule has 0 spiro atoms. The molecule has 4 heteroatoms. The maximum absolute atomic E-state index is 6.43. The quantitative estimate of drug-likeness (QED) is 0.455. The molecule has 0 bridgehead atoms. The van der Waals surface area contributed by atoms with E-state index in [1.54, 1.807) is 13.3 Å². The molecule has 0 radical (unpaired) electrons. The SMILES string of the molecule is CCc1ccc(N=Cc2cc(Cl)c(OCc3ccccc3)c(OC)c2)cc1. The molecule has 3 aromatic rings. The van der Waals surface area contributed by atoms with Crippen molar-refractivity contribution in [1.82, 2.24) is 0 Å². The Balaban J connectivity index is 1.77. The second kappa shape index (κ2) is 9.24. The summed E-state index contributed by atoms with van der Waals surface area (Å²) in [6.07, 6.45) is 2.79. The molecule has 0 aromatic heterocycles. The first-order valence-electron chi connectivity index (χ1n) is 8.87. The van der Waals surface area contributed by atoms with Gasteiger partial charge in [-0.2, -0.15) is 0 Å². The van der Waals surface area contributed by atoms with Crippen molar-refractivity contribution in [3.05, 3.63) is 88.4 Å². The van der Waals surface area contributed by atoms with Gasteiger partial charge in [0.05, 0.1) is 17.8 Å². The lowest BCUT2D eigenvalue weighted by molar-refractivity contribution is 0.284. The third-order valence-electron chi connectivity index (χ3n) is 4.19. The summed E-state index contributed by atoms with van der Waals surface area (Å²) in [4.78, 5) is 4.51. The van der Waals surface area contributed by atoms with Crippen molar-refractivity contribution in [2.45, 2.75) is 20.0 Å². The van der Waals surface area contributed by atoms with Crippen molar-refractivity contribution in [3.63, 3.8) is 0 Å². The van der Waals surface area contributed by atoms with Gasteiger partial charge in [0, 0.05) is 6.21 Å². The van der Waals surface area contributed by atoms with Crippen LogP contribution in [0.2, 0.25) is 5.02 Å². The standard InChI is InChI=1S/C23H22ClNO2/c1-3-17-9-11-20(12-10-17)25-15-19-13-21(24)23(22(14-19)26-2)27-16-18-7-5-4-6-8-18/h4-15H,3,16H2,1-2H3. The highest BCUT2D eigenvalue weighted by Gasteiger charge is 2.12. The second-order valence-electron chi connectivity index (χ2n) is 6.09. The lowest BCUT2D eigenvalue weighted by atomic mass is 10.1. The van der Waals surface area contributed by atoms with E-state index >= 15 is 0 Å². The number of rotatable bonds is 7. The summed E-state index contributed by atoms with van der Waals surface area (Å²) >= 11 is 6.43. The van der Waals surface area contributed by atoms with Crippen LogP contribution in [0.25, 0.3) is 0 Å². The van der Waals surface area contributed by atoms with E-state index in [1.165, 1.54) is 5.56 Å². The summed E-state index contributed by atoms with van der Waals surface area (Å²) in [6.45, 7) is 2.56. The molecular weight excluding hydrogens is 358 g/mol. The first-order chi connectivity index (χ1) is 13.2. The lowest BCUT2D eigenvalue weighted by Crippen LogP contribution is -1.99. The molecule has 27 heavy (non-hydrogen) atoms. The predicted octanol–water partition coefficient (Wildman–Crippen LogP) is 6.24. The Morgan fingerprint density at radius 2 is 1.70 bits per heavy atom. The van der Waals surface area contributed by atoms with Crippen molar-refractivity contribution in [3.8, 4) is 11.5 Å². The fourth-order valence-electron chi connectivity index (χ4n) is 2.65. The predicted molar refractivity (Wildman–Crippen MR) is 112 cm³/mol. The van der Waals surface area contributed by atoms with Gasteiger partial charge in [0.1, 0.15) is 6.61 Å². The second-order valence-corrected chi connectivity index (χ2v) is 6.49. The van der Waals surface area contributed by atoms with Gasteiger partial charge in [0.15, 0.2) is 11.5 Å². The Bertz CT molecular complexity index is 906. The van der Waals surface area contributed by atoms with Crippen LogP contribution >= 0.6 is 11.6 Å². The van der Waals surface area contributed by atoms with Crippen molar-refractivity contribution < 1.29 is 9.47 Å². The number of methoxy groups -OCH3 is 1. The number of nitrogens with zero attached hydrogens (tertiary/aromatic N) is 1. The highest BCUT2D eigenvalue weighted by molar-refractivity contribution is 6.32. The van der Waals surface area contributed by atoms with Crippen LogP contribution < -0.4 is 9.47 Å². The van der Waals surface area contributed by atoms with Crippen LogP contribution in [0.3, 0.4) is 0 Å². The molecule has 0 N–H and O–H groups in total. The molecule has 0 aliphatic carbocycles. The number of hydrogen-bond donors (Lipinski definition) is 0. The van der Waals surface area contributed by atoms with Gasteiger partial charge in [-0.05, 0) is 47.4 Å². The van der Waals surface area contributed by atoms with Gasteiger partial charge >= 0.3 is 0 Å². The largest absolute Gasteiger partial charge is 0.493 e. The fourth-order valence-corrected chi connectivity index (χ4v) is 2.92. The van der Waals surface area contributed by atoms with E-state index in [0.29, 0.717) is 23.1 Å². The minimum Gasteiger partial charge on any atom is -0.493 e. The van der Waals surface area contributed by atoms with Gasteiger partial charge in [-0.3, -0.25) is 4.99 Å². The van der Waals surface area contributed by atoms with E-state index < -0.39 is 0 Å². The zero-order valence-electron chi connectivity index (χ0n) is 15.5. The number of aliphatic imine (C=N–C) groups is 1. The molecule has 3 nitrogen and oxygen atoms in total. The van der Waals surface area contributed by atoms with Crippen LogP contribution in [-0.4, -0.2) is 13.3 Å². The molecule has 0 unspecified atom stereocenters. The molecule has 3 aromatic carbocycles. The smallest absolute Gasteiger partial charge is 0.180 e. The van der Waals surface area contributed by atoms with E-state index in [9.17, 15) is 0 Å². The molecule has 0 aliphatic heterocycles. The molecular formula is C23H22ClNO2. The van der Waals surface area contributed by atoms with Crippen molar-refractivity contribution >= 4 is 23.5 Å². The van der Waals surface area contributed by atoms with Crippen LogP contribution in [0.15, 0.2) is 71.7 Å². The number of ether oxygens (including phenoxy) is 2. The minimum atomic E-state index is 0.425. The molecule has 0 fully saturated rings. The van der Waals surface area contributed by atoms with E-state index in [-0.39, 0.29) is 0 Å². The van der Waals surface area contributed by atoms with Gasteiger partial charge in [-0.1, -0.05) is 61.0 Å². The van der Waals surface area contributed by atoms with Crippen LogP contribution in [0.1, 0.15) is 23.6 Å². The van der Waals surface area contributed by atoms with E-state index in [2.05, 4.69) is 24.0 Å². The highest BCUT2D eigenvalue weighted by Crippen LogP contribution is 2.36. The first kappa shape index (κ1) is 19.0. The number of benzene rings is 3. The highest BCUT2D eigenvalue weighted by atomic mass is 35.5. The van der Waals surface area contributed by atoms with Crippen LogP contribution in [0.4, 0.5) is 5.69 Å². The Morgan fingerprint density at radius 1 is 0.963 bits per heavy atom. The average Bonchev–Trinajstić information content (AvgIpc) is 2.72. The number of halogens is 1. The Labute approximate surface area is 165 Å². The normalized spacial score (nSPS) is 10.9.